The van der Waals surface area contributed by atoms with E-state index in [2.05, 4.69) is 5.32 Å². The molecule has 116 valence electrons. The van der Waals surface area contributed by atoms with Crippen LogP contribution in [0.2, 0.25) is 0 Å². The molecule has 0 spiro atoms. The summed E-state index contributed by atoms with van der Waals surface area (Å²) >= 11 is 0. The van der Waals surface area contributed by atoms with E-state index in [0.717, 1.165) is 13.1 Å². The van der Waals surface area contributed by atoms with E-state index < -0.39 is 4.92 Å². The summed E-state index contributed by atoms with van der Waals surface area (Å²) in [5.74, 6) is -0.0316. The third-order valence-corrected chi connectivity index (χ3v) is 3.39. The molecule has 1 N–H and O–H groups in total. The number of ether oxygens (including phenoxy) is 1. The fourth-order valence-electron chi connectivity index (χ4n) is 2.27. The molecule has 0 aromatic heterocycles. The van der Waals surface area contributed by atoms with Crippen LogP contribution in [0.3, 0.4) is 0 Å². The number of methoxy groups -OCH3 is 1. The van der Waals surface area contributed by atoms with Crippen molar-refractivity contribution in [3.63, 3.8) is 0 Å². The summed E-state index contributed by atoms with van der Waals surface area (Å²) in [6, 6.07) is 4.30. The molecule has 8 heteroatoms. The monoisotopic (exact) mass is 315 g/mol. The second kappa shape index (κ2) is 7.24. The van der Waals surface area contributed by atoms with E-state index in [-0.39, 0.29) is 35.8 Å². The average Bonchev–Trinajstić information content (AvgIpc) is 2.46. The Labute approximate surface area is 128 Å². The summed E-state index contributed by atoms with van der Waals surface area (Å²) < 4.78 is 4.99. The lowest BCUT2D eigenvalue weighted by Crippen LogP contribution is -2.52. The normalized spacial score (nSPS) is 17.8. The fraction of sp³-hybridized carbons (Fsp3) is 0.462. The molecule has 1 aliphatic heterocycles. The average molecular weight is 316 g/mol. The largest absolute Gasteiger partial charge is 0.490 e. The van der Waals surface area contributed by atoms with Gasteiger partial charge in [0.2, 0.25) is 0 Å². The number of nitro benzene ring substituents is 1. The predicted molar refractivity (Wildman–Crippen MR) is 80.3 cm³/mol. The number of hydrogen-bond acceptors (Lipinski definition) is 5. The number of carbonyl (C=O) groups is 1. The fourth-order valence-corrected chi connectivity index (χ4v) is 2.27. The molecule has 7 nitrogen and oxygen atoms in total. The third kappa shape index (κ3) is 3.62. The van der Waals surface area contributed by atoms with Crippen LogP contribution in [0.4, 0.5) is 5.69 Å². The first-order chi connectivity index (χ1) is 9.54. The molecule has 1 atom stereocenters. The number of hydrogen-bond donors (Lipinski definition) is 1. The number of nitro groups is 1. The first kappa shape index (κ1) is 17.2. The number of nitrogens with zero attached hydrogens (tertiary/aromatic N) is 2. The highest BCUT2D eigenvalue weighted by Crippen LogP contribution is 2.28. The summed E-state index contributed by atoms with van der Waals surface area (Å²) in [6.45, 7) is 4.09. The molecule has 1 amide bonds. The Morgan fingerprint density at radius 2 is 2.24 bits per heavy atom. The highest BCUT2D eigenvalue weighted by atomic mass is 35.5. The van der Waals surface area contributed by atoms with Gasteiger partial charge in [0.15, 0.2) is 5.75 Å². The van der Waals surface area contributed by atoms with Crippen molar-refractivity contribution in [1.29, 1.82) is 0 Å². The molecule has 0 saturated carbocycles. The van der Waals surface area contributed by atoms with Crippen molar-refractivity contribution in [3.8, 4) is 5.75 Å². The van der Waals surface area contributed by atoms with E-state index in [1.807, 2.05) is 6.92 Å². The molecular formula is C13H18ClN3O4. The number of nitrogens with one attached hydrogen (secondary N) is 1. The zero-order valence-corrected chi connectivity index (χ0v) is 12.7. The number of halogens is 1. The molecule has 1 heterocycles. The second-order valence-electron chi connectivity index (χ2n) is 4.70. The molecule has 0 aliphatic carbocycles. The van der Waals surface area contributed by atoms with Gasteiger partial charge in [-0.1, -0.05) is 0 Å². The van der Waals surface area contributed by atoms with Crippen molar-refractivity contribution in [3.05, 3.63) is 33.9 Å². The van der Waals surface area contributed by atoms with Crippen molar-refractivity contribution in [2.24, 2.45) is 0 Å². The standard InChI is InChI=1S/C13H17N3O4.ClH/c1-9-8-14-5-6-15(9)13(17)10-3-4-11(16(18)19)12(7-10)20-2;/h3-4,7,9,14H,5-6,8H2,1-2H3;1H/t9-;/m0./s1. The summed E-state index contributed by atoms with van der Waals surface area (Å²) in [6.07, 6.45) is 0. The van der Waals surface area contributed by atoms with Crippen LogP contribution in [0, 0.1) is 10.1 Å². The lowest BCUT2D eigenvalue weighted by atomic mass is 10.1. The van der Waals surface area contributed by atoms with E-state index in [1.165, 1.54) is 25.3 Å². The van der Waals surface area contributed by atoms with Gasteiger partial charge in [0.05, 0.1) is 12.0 Å². The second-order valence-corrected chi connectivity index (χ2v) is 4.70. The maximum absolute atomic E-state index is 12.4. The first-order valence-electron chi connectivity index (χ1n) is 6.38. The van der Waals surface area contributed by atoms with Crippen LogP contribution in [0.15, 0.2) is 18.2 Å². The minimum Gasteiger partial charge on any atom is -0.490 e. The Balaban J connectivity index is 0.00000220. The smallest absolute Gasteiger partial charge is 0.310 e. The van der Waals surface area contributed by atoms with E-state index in [4.69, 9.17) is 4.74 Å². The number of amides is 1. The molecule has 2 rings (SSSR count). The SMILES string of the molecule is COc1cc(C(=O)N2CCNC[C@@H]2C)ccc1[N+](=O)[O-].Cl. The third-order valence-electron chi connectivity index (χ3n) is 3.39. The van der Waals surface area contributed by atoms with Gasteiger partial charge in [-0.25, -0.2) is 0 Å². The maximum Gasteiger partial charge on any atom is 0.310 e. The van der Waals surface area contributed by atoms with Crippen LogP contribution in [0.25, 0.3) is 0 Å². The van der Waals surface area contributed by atoms with Crippen LogP contribution < -0.4 is 10.1 Å². The zero-order chi connectivity index (χ0) is 14.7. The Hall–Kier alpha value is -1.86. The lowest BCUT2D eigenvalue weighted by molar-refractivity contribution is -0.385. The van der Waals surface area contributed by atoms with Gasteiger partial charge in [-0.2, -0.15) is 0 Å². The van der Waals surface area contributed by atoms with Gasteiger partial charge in [0, 0.05) is 43.4 Å². The molecule has 21 heavy (non-hydrogen) atoms. The number of piperazine rings is 1. The van der Waals surface area contributed by atoms with Crippen molar-refractivity contribution < 1.29 is 14.5 Å². The van der Waals surface area contributed by atoms with Gasteiger partial charge in [-0.3, -0.25) is 14.9 Å². The number of benzene rings is 1. The summed E-state index contributed by atoms with van der Waals surface area (Å²) in [4.78, 5) is 24.5. The molecule has 0 radical (unpaired) electrons. The van der Waals surface area contributed by atoms with Gasteiger partial charge >= 0.3 is 5.69 Å². The molecule has 0 bridgehead atoms. The minimum atomic E-state index is -0.527. The Bertz CT molecular complexity index is 538. The first-order valence-corrected chi connectivity index (χ1v) is 6.38. The highest BCUT2D eigenvalue weighted by Gasteiger charge is 2.25. The Morgan fingerprint density at radius 1 is 1.52 bits per heavy atom. The van der Waals surface area contributed by atoms with Gasteiger partial charge < -0.3 is 15.0 Å². The summed E-state index contributed by atoms with van der Waals surface area (Å²) in [5.41, 5.74) is 0.263. The summed E-state index contributed by atoms with van der Waals surface area (Å²) in [7, 11) is 1.35. The highest BCUT2D eigenvalue weighted by molar-refractivity contribution is 5.95. The topological polar surface area (TPSA) is 84.7 Å². The summed E-state index contributed by atoms with van der Waals surface area (Å²) in [5, 5.41) is 14.0. The molecule has 1 aromatic carbocycles. The van der Waals surface area contributed by atoms with Gasteiger partial charge in [-0.05, 0) is 13.0 Å². The van der Waals surface area contributed by atoms with Crippen molar-refractivity contribution >= 4 is 24.0 Å². The molecule has 1 fully saturated rings. The van der Waals surface area contributed by atoms with E-state index >= 15 is 0 Å². The molecular weight excluding hydrogens is 298 g/mol. The van der Waals surface area contributed by atoms with Crippen molar-refractivity contribution in [2.75, 3.05) is 26.7 Å². The van der Waals surface area contributed by atoms with Crippen LogP contribution in [0.5, 0.6) is 5.75 Å². The Morgan fingerprint density at radius 3 is 2.81 bits per heavy atom. The van der Waals surface area contributed by atoms with E-state index in [1.54, 1.807) is 4.90 Å². The molecule has 1 aromatic rings. The van der Waals surface area contributed by atoms with Crippen LogP contribution >= 0.6 is 12.4 Å². The van der Waals surface area contributed by atoms with Crippen molar-refractivity contribution in [2.45, 2.75) is 13.0 Å². The Kier molecular flexibility index (Phi) is 5.92. The van der Waals surface area contributed by atoms with Crippen LogP contribution in [-0.2, 0) is 0 Å². The van der Waals surface area contributed by atoms with Crippen LogP contribution in [0.1, 0.15) is 17.3 Å². The van der Waals surface area contributed by atoms with Crippen LogP contribution in [-0.4, -0.2) is 48.5 Å². The van der Waals surface area contributed by atoms with Gasteiger partial charge in [0.1, 0.15) is 0 Å². The lowest BCUT2D eigenvalue weighted by Gasteiger charge is -2.34. The molecule has 0 unspecified atom stereocenters. The van der Waals surface area contributed by atoms with E-state index in [0.29, 0.717) is 12.1 Å². The minimum absolute atomic E-state index is 0. The zero-order valence-electron chi connectivity index (χ0n) is 11.9. The number of rotatable bonds is 3. The predicted octanol–water partition coefficient (Wildman–Crippen LogP) is 1.46. The molecule has 1 saturated heterocycles. The van der Waals surface area contributed by atoms with Crippen molar-refractivity contribution in [1.82, 2.24) is 10.2 Å². The van der Waals surface area contributed by atoms with E-state index in [9.17, 15) is 14.9 Å². The molecule has 1 aliphatic rings. The van der Waals surface area contributed by atoms with Gasteiger partial charge in [-0.15, -0.1) is 12.4 Å². The van der Waals surface area contributed by atoms with Gasteiger partial charge in [0.25, 0.3) is 5.91 Å². The number of carbonyl (C=O) groups excluding carboxylic acids is 1. The quantitative estimate of drug-likeness (QED) is 0.674. The maximum atomic E-state index is 12.4.